The zero-order valence-corrected chi connectivity index (χ0v) is 15.7. The highest BCUT2D eigenvalue weighted by molar-refractivity contribution is 8.00. The molecule has 1 saturated heterocycles. The first kappa shape index (κ1) is 19.1. The minimum atomic E-state index is -4.39. The van der Waals surface area contributed by atoms with Crippen molar-refractivity contribution in [2.75, 3.05) is 13.1 Å². The Hall–Kier alpha value is -1.70. The summed E-state index contributed by atoms with van der Waals surface area (Å²) in [6, 6.07) is 3.61. The number of benzene rings is 1. The van der Waals surface area contributed by atoms with E-state index in [1.807, 2.05) is 18.7 Å². The lowest BCUT2D eigenvalue weighted by Gasteiger charge is -2.20. The van der Waals surface area contributed by atoms with Crippen molar-refractivity contribution in [2.24, 2.45) is 0 Å². The zero-order chi connectivity index (χ0) is 18.9. The molecule has 1 aromatic carbocycles. The second-order valence-electron chi connectivity index (χ2n) is 6.54. The summed E-state index contributed by atoms with van der Waals surface area (Å²) in [6.45, 7) is 5.92. The number of imidazole rings is 1. The third-order valence-corrected chi connectivity index (χ3v) is 5.61. The van der Waals surface area contributed by atoms with E-state index in [1.165, 1.54) is 17.8 Å². The Morgan fingerprint density at radius 3 is 2.62 bits per heavy atom. The molecule has 1 atom stereocenters. The van der Waals surface area contributed by atoms with Gasteiger partial charge in [-0.3, -0.25) is 4.79 Å². The van der Waals surface area contributed by atoms with Gasteiger partial charge < -0.3 is 9.47 Å². The van der Waals surface area contributed by atoms with Crippen molar-refractivity contribution in [3.63, 3.8) is 0 Å². The molecule has 8 heteroatoms. The highest BCUT2D eigenvalue weighted by atomic mass is 32.2. The van der Waals surface area contributed by atoms with Crippen LogP contribution < -0.4 is 0 Å². The molecule has 0 saturated carbocycles. The standard InChI is InChI=1S/C18H22F3N3OS/c1-3-8-24-15-11-13(18(19,20)21)6-7-14(15)22-17(24)26-12(2)16(25)23-9-4-5-10-23/h6-7,11-12H,3-5,8-10H2,1-2H3/t12-/m0/s1. The maximum atomic E-state index is 13.0. The summed E-state index contributed by atoms with van der Waals surface area (Å²) >= 11 is 1.32. The van der Waals surface area contributed by atoms with E-state index in [4.69, 9.17) is 0 Å². The Labute approximate surface area is 154 Å². The number of aromatic nitrogens is 2. The number of likely N-dealkylation sites (tertiary alicyclic amines) is 1. The van der Waals surface area contributed by atoms with Gasteiger partial charge in [-0.2, -0.15) is 13.2 Å². The van der Waals surface area contributed by atoms with Crippen LogP contribution in [-0.2, 0) is 17.5 Å². The molecule has 0 radical (unpaired) electrons. The molecule has 26 heavy (non-hydrogen) atoms. The molecule has 1 amide bonds. The number of halogens is 3. The molecule has 2 heterocycles. The van der Waals surface area contributed by atoms with Gasteiger partial charge in [-0.1, -0.05) is 18.7 Å². The number of hydrogen-bond acceptors (Lipinski definition) is 3. The SMILES string of the molecule is CCCn1c(S[C@@H](C)C(=O)N2CCCC2)nc2ccc(C(F)(F)F)cc21. The minimum Gasteiger partial charge on any atom is -0.342 e. The summed E-state index contributed by atoms with van der Waals surface area (Å²) < 4.78 is 40.9. The largest absolute Gasteiger partial charge is 0.416 e. The van der Waals surface area contributed by atoms with Gasteiger partial charge in [-0.15, -0.1) is 0 Å². The van der Waals surface area contributed by atoms with Crippen LogP contribution in [0.3, 0.4) is 0 Å². The van der Waals surface area contributed by atoms with Crippen LogP contribution in [0.15, 0.2) is 23.4 Å². The molecule has 2 aromatic rings. The summed E-state index contributed by atoms with van der Waals surface area (Å²) in [7, 11) is 0. The Morgan fingerprint density at radius 2 is 2.00 bits per heavy atom. The molecule has 1 aliphatic rings. The molecule has 0 aliphatic carbocycles. The van der Waals surface area contributed by atoms with Gasteiger partial charge in [0, 0.05) is 19.6 Å². The van der Waals surface area contributed by atoms with Crippen molar-refractivity contribution in [2.45, 2.75) is 56.2 Å². The summed E-state index contributed by atoms with van der Waals surface area (Å²) in [5.41, 5.74) is 0.305. The van der Waals surface area contributed by atoms with Crippen molar-refractivity contribution in [1.82, 2.24) is 14.5 Å². The quantitative estimate of drug-likeness (QED) is 0.708. The summed E-state index contributed by atoms with van der Waals surface area (Å²) in [5, 5.41) is 0.281. The van der Waals surface area contributed by atoms with Crippen molar-refractivity contribution in [3.05, 3.63) is 23.8 Å². The van der Waals surface area contributed by atoms with Gasteiger partial charge in [0.15, 0.2) is 5.16 Å². The molecule has 0 N–H and O–H groups in total. The van der Waals surface area contributed by atoms with Gasteiger partial charge in [0.05, 0.1) is 21.8 Å². The van der Waals surface area contributed by atoms with Gasteiger partial charge >= 0.3 is 6.18 Å². The Kier molecular flexibility index (Phi) is 5.50. The molecular formula is C18H22F3N3OS. The number of rotatable bonds is 5. The van der Waals surface area contributed by atoms with E-state index in [9.17, 15) is 18.0 Å². The van der Waals surface area contributed by atoms with Crippen LogP contribution in [0.4, 0.5) is 13.2 Å². The number of carbonyl (C=O) groups is 1. The number of aryl methyl sites for hydroxylation is 1. The zero-order valence-electron chi connectivity index (χ0n) is 14.8. The fourth-order valence-corrected chi connectivity index (χ4v) is 4.24. The molecule has 1 aromatic heterocycles. The molecule has 4 nitrogen and oxygen atoms in total. The predicted molar refractivity (Wildman–Crippen MR) is 96.2 cm³/mol. The van der Waals surface area contributed by atoms with Crippen LogP contribution in [-0.4, -0.2) is 38.7 Å². The lowest BCUT2D eigenvalue weighted by Crippen LogP contribution is -2.34. The summed E-state index contributed by atoms with van der Waals surface area (Å²) in [5.74, 6) is 0.0681. The van der Waals surface area contributed by atoms with Gasteiger partial charge in [-0.25, -0.2) is 4.98 Å². The first-order valence-corrected chi connectivity index (χ1v) is 9.72. The Morgan fingerprint density at radius 1 is 1.31 bits per heavy atom. The number of alkyl halides is 3. The number of fused-ring (bicyclic) bond motifs is 1. The molecule has 0 unspecified atom stereocenters. The van der Waals surface area contributed by atoms with Crippen LogP contribution in [0.5, 0.6) is 0 Å². The second kappa shape index (κ2) is 7.50. The van der Waals surface area contributed by atoms with Gasteiger partial charge in [0.25, 0.3) is 0 Å². The first-order valence-electron chi connectivity index (χ1n) is 8.84. The van der Waals surface area contributed by atoms with E-state index in [0.717, 1.165) is 44.5 Å². The molecule has 1 fully saturated rings. The van der Waals surface area contributed by atoms with Crippen LogP contribution in [0.1, 0.15) is 38.7 Å². The highest BCUT2D eigenvalue weighted by Crippen LogP contribution is 2.34. The Balaban J connectivity index is 1.91. The highest BCUT2D eigenvalue weighted by Gasteiger charge is 2.31. The maximum Gasteiger partial charge on any atom is 0.416 e. The molecule has 0 bridgehead atoms. The topological polar surface area (TPSA) is 38.1 Å². The number of hydrogen-bond donors (Lipinski definition) is 0. The molecule has 3 rings (SSSR count). The van der Waals surface area contributed by atoms with Crippen LogP contribution >= 0.6 is 11.8 Å². The minimum absolute atomic E-state index is 0.0681. The number of thioether (sulfide) groups is 1. The van der Waals surface area contributed by atoms with Crippen LogP contribution in [0.25, 0.3) is 11.0 Å². The van der Waals surface area contributed by atoms with E-state index < -0.39 is 11.7 Å². The number of carbonyl (C=O) groups excluding carboxylic acids is 1. The van der Waals surface area contributed by atoms with Crippen LogP contribution in [0, 0.1) is 0 Å². The maximum absolute atomic E-state index is 13.0. The monoisotopic (exact) mass is 385 g/mol. The average Bonchev–Trinajstić information content (AvgIpc) is 3.22. The second-order valence-corrected chi connectivity index (χ2v) is 7.85. The molecule has 0 spiro atoms. The molecule has 142 valence electrons. The van der Waals surface area contributed by atoms with Gasteiger partial charge in [0.2, 0.25) is 5.91 Å². The van der Waals surface area contributed by atoms with E-state index in [1.54, 1.807) is 4.57 Å². The summed E-state index contributed by atoms with van der Waals surface area (Å²) in [6.07, 6.45) is -1.57. The van der Waals surface area contributed by atoms with E-state index in [0.29, 0.717) is 22.7 Å². The average molecular weight is 385 g/mol. The normalized spacial score (nSPS) is 16.4. The Bertz CT molecular complexity index is 797. The van der Waals surface area contributed by atoms with Crippen molar-refractivity contribution in [1.29, 1.82) is 0 Å². The number of nitrogens with zero attached hydrogens (tertiary/aromatic N) is 3. The molecular weight excluding hydrogens is 363 g/mol. The lowest BCUT2D eigenvalue weighted by atomic mass is 10.2. The third kappa shape index (κ3) is 3.84. The van der Waals surface area contributed by atoms with E-state index >= 15 is 0 Å². The fourth-order valence-electron chi connectivity index (χ4n) is 3.21. The number of amides is 1. The third-order valence-electron chi connectivity index (χ3n) is 4.54. The van der Waals surface area contributed by atoms with Gasteiger partial charge in [0.1, 0.15) is 0 Å². The van der Waals surface area contributed by atoms with E-state index in [-0.39, 0.29) is 11.2 Å². The van der Waals surface area contributed by atoms with Crippen molar-refractivity contribution in [3.8, 4) is 0 Å². The van der Waals surface area contributed by atoms with Gasteiger partial charge in [-0.05, 0) is 44.4 Å². The predicted octanol–water partition coefficient (Wildman–Crippen LogP) is 4.57. The van der Waals surface area contributed by atoms with E-state index in [2.05, 4.69) is 4.98 Å². The fraction of sp³-hybridized carbons (Fsp3) is 0.556. The first-order chi connectivity index (χ1) is 12.3. The summed E-state index contributed by atoms with van der Waals surface area (Å²) in [4.78, 5) is 18.9. The van der Waals surface area contributed by atoms with Crippen molar-refractivity contribution < 1.29 is 18.0 Å². The van der Waals surface area contributed by atoms with Crippen LogP contribution in [0.2, 0.25) is 0 Å². The van der Waals surface area contributed by atoms with Crippen molar-refractivity contribution >= 4 is 28.7 Å². The molecule has 1 aliphatic heterocycles. The lowest BCUT2D eigenvalue weighted by molar-refractivity contribution is -0.137. The smallest absolute Gasteiger partial charge is 0.342 e.